The van der Waals surface area contributed by atoms with Gasteiger partial charge in [-0.3, -0.25) is 4.79 Å². The van der Waals surface area contributed by atoms with Crippen LogP contribution in [0.25, 0.3) is 11.3 Å². The quantitative estimate of drug-likeness (QED) is 0.882. The average molecular weight is 231 g/mol. The molecule has 0 spiro atoms. The number of rotatable bonds is 3. The molecule has 0 saturated carbocycles. The third-order valence-electron chi connectivity index (χ3n) is 2.86. The molecule has 0 aliphatic heterocycles. The fourth-order valence-electron chi connectivity index (χ4n) is 1.53. The number of aromatic nitrogens is 1. The summed E-state index contributed by atoms with van der Waals surface area (Å²) in [5.41, 5.74) is 0.751. The van der Waals surface area contributed by atoms with Crippen LogP contribution in [0.3, 0.4) is 0 Å². The lowest BCUT2D eigenvalue weighted by atomic mass is 9.84. The van der Waals surface area contributed by atoms with E-state index in [1.807, 2.05) is 12.1 Å². The van der Waals surface area contributed by atoms with Gasteiger partial charge in [0.1, 0.15) is 0 Å². The fraction of sp³-hybridized carbons (Fsp3) is 0.231. The van der Waals surface area contributed by atoms with Crippen molar-refractivity contribution in [3.63, 3.8) is 0 Å². The van der Waals surface area contributed by atoms with E-state index in [-0.39, 0.29) is 0 Å². The van der Waals surface area contributed by atoms with E-state index in [2.05, 4.69) is 4.98 Å². The van der Waals surface area contributed by atoms with Crippen LogP contribution >= 0.6 is 0 Å². The van der Waals surface area contributed by atoms with Crippen molar-refractivity contribution in [3.05, 3.63) is 42.4 Å². The molecule has 0 bridgehead atoms. The van der Waals surface area contributed by atoms with Gasteiger partial charge in [0.15, 0.2) is 12.2 Å². The summed E-state index contributed by atoms with van der Waals surface area (Å²) in [5.74, 6) is -0.172. The Labute approximate surface area is 98.9 Å². The maximum atomic E-state index is 11.1. The van der Waals surface area contributed by atoms with Crippen LogP contribution in [0.4, 0.5) is 0 Å². The Morgan fingerprint density at radius 1 is 1.29 bits per heavy atom. The Hall–Kier alpha value is -2.10. The van der Waals surface area contributed by atoms with Gasteiger partial charge in [-0.15, -0.1) is 0 Å². The lowest BCUT2D eigenvalue weighted by Gasteiger charge is -2.19. The standard InChI is InChI=1S/C13H13NO3/c1-13(2,12(15)16)10-5-3-9(4-6-10)11-7-14-8-17-11/h3-8H,1-2H3,(H,15,16). The largest absolute Gasteiger partial charge is 0.481 e. The number of carboxylic acids is 1. The molecule has 0 aliphatic rings. The lowest BCUT2D eigenvalue weighted by molar-refractivity contribution is -0.142. The summed E-state index contributed by atoms with van der Waals surface area (Å²) in [6, 6.07) is 7.26. The highest BCUT2D eigenvalue weighted by Gasteiger charge is 2.29. The van der Waals surface area contributed by atoms with Crippen LogP contribution in [-0.2, 0) is 10.2 Å². The molecular formula is C13H13NO3. The summed E-state index contributed by atoms with van der Waals surface area (Å²) in [6.45, 7) is 3.36. The van der Waals surface area contributed by atoms with Crippen LogP contribution < -0.4 is 0 Å². The number of nitrogens with zero attached hydrogens (tertiary/aromatic N) is 1. The highest BCUT2D eigenvalue weighted by atomic mass is 16.4. The van der Waals surface area contributed by atoms with Crippen LogP contribution in [0, 0.1) is 0 Å². The van der Waals surface area contributed by atoms with Crippen molar-refractivity contribution < 1.29 is 14.3 Å². The normalized spacial score (nSPS) is 11.4. The number of oxazole rings is 1. The molecular weight excluding hydrogens is 218 g/mol. The summed E-state index contributed by atoms with van der Waals surface area (Å²) >= 11 is 0. The van der Waals surface area contributed by atoms with Gasteiger partial charge in [-0.1, -0.05) is 24.3 Å². The number of aliphatic carboxylic acids is 1. The zero-order valence-electron chi connectivity index (χ0n) is 9.68. The fourth-order valence-corrected chi connectivity index (χ4v) is 1.53. The first-order valence-corrected chi connectivity index (χ1v) is 5.24. The van der Waals surface area contributed by atoms with Crippen molar-refractivity contribution in [3.8, 4) is 11.3 Å². The van der Waals surface area contributed by atoms with Crippen LogP contribution in [0.15, 0.2) is 41.3 Å². The second-order valence-corrected chi connectivity index (χ2v) is 4.37. The third-order valence-corrected chi connectivity index (χ3v) is 2.86. The van der Waals surface area contributed by atoms with E-state index in [4.69, 9.17) is 9.52 Å². The summed E-state index contributed by atoms with van der Waals surface area (Å²) in [5, 5.41) is 9.12. The SMILES string of the molecule is CC(C)(C(=O)O)c1ccc(-c2cnco2)cc1. The molecule has 2 aromatic rings. The van der Waals surface area contributed by atoms with Gasteiger partial charge in [-0.05, 0) is 19.4 Å². The first-order chi connectivity index (χ1) is 8.01. The molecule has 0 saturated heterocycles. The predicted molar refractivity (Wildman–Crippen MR) is 62.6 cm³/mol. The molecule has 1 aromatic carbocycles. The topological polar surface area (TPSA) is 63.3 Å². The second-order valence-electron chi connectivity index (χ2n) is 4.37. The Bertz CT molecular complexity index is 512. The molecule has 88 valence electrons. The van der Waals surface area contributed by atoms with Crippen molar-refractivity contribution in [2.24, 2.45) is 0 Å². The van der Waals surface area contributed by atoms with E-state index >= 15 is 0 Å². The van der Waals surface area contributed by atoms with E-state index in [0.29, 0.717) is 5.76 Å². The molecule has 0 aliphatic carbocycles. The van der Waals surface area contributed by atoms with Crippen LogP contribution in [-0.4, -0.2) is 16.1 Å². The van der Waals surface area contributed by atoms with Gasteiger partial charge >= 0.3 is 5.97 Å². The molecule has 17 heavy (non-hydrogen) atoms. The Morgan fingerprint density at radius 2 is 1.94 bits per heavy atom. The molecule has 0 atom stereocenters. The van der Waals surface area contributed by atoms with Crippen LogP contribution in [0.2, 0.25) is 0 Å². The Kier molecular flexibility index (Phi) is 2.71. The molecule has 0 unspecified atom stereocenters. The number of carboxylic acid groups (broad SMARTS) is 1. The first kappa shape index (κ1) is 11.4. The van der Waals surface area contributed by atoms with Gasteiger partial charge in [0.05, 0.1) is 11.6 Å². The van der Waals surface area contributed by atoms with Crippen molar-refractivity contribution in [1.29, 1.82) is 0 Å². The minimum Gasteiger partial charge on any atom is -0.481 e. The highest BCUT2D eigenvalue weighted by molar-refractivity contribution is 5.80. The number of hydrogen-bond acceptors (Lipinski definition) is 3. The third kappa shape index (κ3) is 2.06. The summed E-state index contributed by atoms with van der Waals surface area (Å²) in [7, 11) is 0. The van der Waals surface area contributed by atoms with Crippen LogP contribution in [0.1, 0.15) is 19.4 Å². The second kappa shape index (κ2) is 4.05. The van der Waals surface area contributed by atoms with Gasteiger partial charge in [0, 0.05) is 5.56 Å². The number of benzene rings is 1. The zero-order valence-corrected chi connectivity index (χ0v) is 9.68. The molecule has 1 N–H and O–H groups in total. The molecule has 4 heteroatoms. The maximum absolute atomic E-state index is 11.1. The first-order valence-electron chi connectivity index (χ1n) is 5.24. The minimum atomic E-state index is -0.889. The van der Waals surface area contributed by atoms with Crippen LogP contribution in [0.5, 0.6) is 0 Å². The number of hydrogen-bond donors (Lipinski definition) is 1. The zero-order chi connectivity index (χ0) is 12.5. The minimum absolute atomic E-state index is 0.671. The summed E-state index contributed by atoms with van der Waals surface area (Å²) < 4.78 is 5.17. The van der Waals surface area contributed by atoms with Gasteiger partial charge in [0.2, 0.25) is 0 Å². The Balaban J connectivity index is 2.34. The van der Waals surface area contributed by atoms with Gasteiger partial charge in [-0.2, -0.15) is 0 Å². The van der Waals surface area contributed by atoms with Gasteiger partial charge in [-0.25, -0.2) is 4.98 Å². The monoisotopic (exact) mass is 231 g/mol. The van der Waals surface area contributed by atoms with E-state index in [1.54, 1.807) is 32.2 Å². The predicted octanol–water partition coefficient (Wildman–Crippen LogP) is 2.70. The van der Waals surface area contributed by atoms with E-state index < -0.39 is 11.4 Å². The average Bonchev–Trinajstić information content (AvgIpc) is 2.82. The molecule has 1 aromatic heterocycles. The molecule has 0 radical (unpaired) electrons. The maximum Gasteiger partial charge on any atom is 0.313 e. The summed E-state index contributed by atoms with van der Waals surface area (Å²) in [4.78, 5) is 14.9. The molecule has 4 nitrogen and oxygen atoms in total. The van der Waals surface area contributed by atoms with Crippen molar-refractivity contribution in [2.75, 3.05) is 0 Å². The van der Waals surface area contributed by atoms with Gasteiger partial charge < -0.3 is 9.52 Å². The van der Waals surface area contributed by atoms with Crippen molar-refractivity contribution >= 4 is 5.97 Å². The highest BCUT2D eigenvalue weighted by Crippen LogP contribution is 2.26. The number of carbonyl (C=O) groups is 1. The lowest BCUT2D eigenvalue weighted by Crippen LogP contribution is -2.28. The van der Waals surface area contributed by atoms with E-state index in [0.717, 1.165) is 11.1 Å². The molecule has 0 amide bonds. The van der Waals surface area contributed by atoms with Crippen molar-refractivity contribution in [2.45, 2.75) is 19.3 Å². The Morgan fingerprint density at radius 3 is 2.41 bits per heavy atom. The molecule has 1 heterocycles. The van der Waals surface area contributed by atoms with E-state index in [9.17, 15) is 4.79 Å². The van der Waals surface area contributed by atoms with E-state index in [1.165, 1.54) is 6.39 Å². The van der Waals surface area contributed by atoms with Crippen molar-refractivity contribution in [1.82, 2.24) is 4.98 Å². The summed E-state index contributed by atoms with van der Waals surface area (Å²) in [6.07, 6.45) is 2.99. The smallest absolute Gasteiger partial charge is 0.313 e. The van der Waals surface area contributed by atoms with Gasteiger partial charge in [0.25, 0.3) is 0 Å². The molecule has 0 fully saturated rings. The molecule has 2 rings (SSSR count).